The number of allylic oxidation sites excluding steroid dienone is 1. The summed E-state index contributed by atoms with van der Waals surface area (Å²) >= 11 is 0. The molecule has 0 aliphatic rings. The predicted molar refractivity (Wildman–Crippen MR) is 115 cm³/mol. The molecule has 0 amide bonds. The van der Waals surface area contributed by atoms with E-state index in [1.165, 1.54) is 0 Å². The highest BCUT2D eigenvalue weighted by molar-refractivity contribution is 6.33. The van der Waals surface area contributed by atoms with Crippen LogP contribution < -0.4 is 0 Å². The van der Waals surface area contributed by atoms with E-state index < -0.39 is 0 Å². The maximum absolute atomic E-state index is 13.2. The average Bonchev–Trinajstić information content (AvgIpc) is 3.61. The van der Waals surface area contributed by atoms with Crippen molar-refractivity contribution >= 4 is 17.6 Å². The summed E-state index contributed by atoms with van der Waals surface area (Å²) in [5.74, 6) is 5.58. The largest absolute Gasteiger partial charge is 0.288 e. The summed E-state index contributed by atoms with van der Waals surface area (Å²) < 4.78 is 0. The number of Topliss-reactive ketones (excluding diaryl/α,β-unsaturated/α-hetero) is 2. The quantitative estimate of drug-likeness (QED) is 0.117. The molecular weight excluding hydrogens is 356 g/mol. The molecule has 0 aliphatic heterocycles. The van der Waals surface area contributed by atoms with E-state index in [1.54, 1.807) is 54.6 Å². The number of carbonyl (C=O) groups is 2. The summed E-state index contributed by atoms with van der Waals surface area (Å²) in [6.45, 7) is 0. The van der Waals surface area contributed by atoms with Gasteiger partial charge >= 0.3 is 0 Å². The fourth-order valence-electron chi connectivity index (χ4n) is 2.88. The first kappa shape index (κ1) is 18.3. The minimum absolute atomic E-state index is 0.119. The van der Waals surface area contributed by atoms with Gasteiger partial charge in [0.1, 0.15) is 18.1 Å². The molecule has 136 valence electrons. The first-order chi connectivity index (χ1) is 14.2. The number of hydrogen-bond donors (Lipinski definition) is 0. The zero-order valence-corrected chi connectivity index (χ0v) is 15.6. The number of ketones is 2. The lowest BCUT2D eigenvalue weighted by atomic mass is 9.93. The van der Waals surface area contributed by atoms with Crippen molar-refractivity contribution in [3.8, 4) is 11.8 Å². The van der Waals surface area contributed by atoms with Gasteiger partial charge in [0.25, 0.3) is 0 Å². The molecule has 0 spiro atoms. The Labute approximate surface area is 169 Å². The molecule has 0 aliphatic carbocycles. The molecule has 0 saturated heterocycles. The zero-order valence-electron chi connectivity index (χ0n) is 15.6. The van der Waals surface area contributed by atoms with Gasteiger partial charge in [0, 0.05) is 22.6 Å². The third-order valence-corrected chi connectivity index (χ3v) is 4.50. The maximum Gasteiger partial charge on any atom is 0.233 e. The van der Waals surface area contributed by atoms with E-state index in [-0.39, 0.29) is 17.1 Å². The molecule has 0 aromatic heterocycles. The van der Waals surface area contributed by atoms with E-state index in [0.717, 1.165) is 16.7 Å². The highest BCUT2D eigenvalue weighted by Crippen LogP contribution is 2.20. The van der Waals surface area contributed by atoms with E-state index in [4.69, 9.17) is 0 Å². The molecule has 4 aromatic rings. The molecule has 0 atom stereocenters. The summed E-state index contributed by atoms with van der Waals surface area (Å²) in [5.41, 5.74) is 3.57. The Hall–Kier alpha value is -4.09. The van der Waals surface area contributed by atoms with E-state index in [0.29, 0.717) is 11.1 Å². The van der Waals surface area contributed by atoms with Crippen LogP contribution in [0.2, 0.25) is 0 Å². The molecule has 0 N–H and O–H groups in total. The molecule has 4 aromatic carbocycles. The van der Waals surface area contributed by atoms with Crippen LogP contribution in [0.4, 0.5) is 0 Å². The predicted octanol–water partition coefficient (Wildman–Crippen LogP) is 5.39. The molecule has 0 unspecified atom stereocenters. The van der Waals surface area contributed by atoms with Crippen molar-refractivity contribution in [1.82, 2.24) is 0 Å². The monoisotopic (exact) mass is 373 g/mol. The Bertz CT molecular complexity index is 1150. The summed E-state index contributed by atoms with van der Waals surface area (Å²) in [4.78, 5) is 26.4. The zero-order chi connectivity index (χ0) is 20.1. The van der Waals surface area contributed by atoms with Crippen LogP contribution in [0.3, 0.4) is 0 Å². The molecule has 0 saturated carbocycles. The van der Waals surface area contributed by atoms with E-state index in [2.05, 4.69) is 11.8 Å². The standard InChI is InChI=1S/C27H17O2/c28-26(22-10-3-1-4-11-22)25(27(29)23-12-5-2-6-13-23)19-24-14-8-7-9-21(24)18-17-20-15-16-20/h1-16,19H/q+1. The second-order valence-electron chi connectivity index (χ2n) is 6.57. The van der Waals surface area contributed by atoms with Crippen LogP contribution in [0.25, 0.3) is 6.08 Å². The van der Waals surface area contributed by atoms with Gasteiger partial charge in [-0.25, -0.2) is 0 Å². The Kier molecular flexibility index (Phi) is 5.23. The van der Waals surface area contributed by atoms with Crippen molar-refractivity contribution in [2.75, 3.05) is 0 Å². The molecule has 2 nitrogen and oxygen atoms in total. The van der Waals surface area contributed by atoms with Crippen LogP contribution in [-0.4, -0.2) is 11.6 Å². The molecule has 0 fully saturated rings. The summed E-state index contributed by atoms with van der Waals surface area (Å²) in [5, 5.41) is 0. The highest BCUT2D eigenvalue weighted by Gasteiger charge is 2.21. The van der Waals surface area contributed by atoms with Crippen molar-refractivity contribution in [1.29, 1.82) is 0 Å². The van der Waals surface area contributed by atoms with Crippen molar-refractivity contribution in [2.45, 2.75) is 0 Å². The smallest absolute Gasteiger partial charge is 0.233 e. The van der Waals surface area contributed by atoms with Gasteiger partial charge in [0.05, 0.1) is 5.57 Å². The number of hydrogen-bond acceptors (Lipinski definition) is 2. The van der Waals surface area contributed by atoms with Gasteiger partial charge in [0.2, 0.25) is 5.56 Å². The molecule has 0 radical (unpaired) electrons. The lowest BCUT2D eigenvalue weighted by Gasteiger charge is -2.08. The van der Waals surface area contributed by atoms with Crippen LogP contribution in [0.1, 0.15) is 37.4 Å². The van der Waals surface area contributed by atoms with E-state index >= 15 is 0 Å². The fourth-order valence-corrected chi connectivity index (χ4v) is 2.88. The van der Waals surface area contributed by atoms with Gasteiger partial charge in [-0.15, -0.1) is 0 Å². The van der Waals surface area contributed by atoms with Crippen molar-refractivity contribution in [2.24, 2.45) is 0 Å². The lowest BCUT2D eigenvalue weighted by molar-refractivity contribution is 0.0964. The molecule has 4 rings (SSSR count). The fraction of sp³-hybridized carbons (Fsp3) is 0. The lowest BCUT2D eigenvalue weighted by Crippen LogP contribution is -2.14. The van der Waals surface area contributed by atoms with Crippen LogP contribution in [0.15, 0.2) is 103 Å². The van der Waals surface area contributed by atoms with Gasteiger partial charge in [-0.2, -0.15) is 0 Å². The number of benzene rings is 3. The van der Waals surface area contributed by atoms with Crippen molar-refractivity contribution in [3.63, 3.8) is 0 Å². The summed E-state index contributed by atoms with van der Waals surface area (Å²) in [6.07, 6.45) is 1.65. The van der Waals surface area contributed by atoms with Crippen molar-refractivity contribution < 1.29 is 9.59 Å². The van der Waals surface area contributed by atoms with Crippen molar-refractivity contribution in [3.05, 3.63) is 130 Å². The minimum Gasteiger partial charge on any atom is -0.288 e. The Morgan fingerprint density at radius 3 is 1.76 bits per heavy atom. The van der Waals surface area contributed by atoms with E-state index in [1.807, 2.05) is 48.5 Å². The summed E-state index contributed by atoms with van der Waals surface area (Å²) in [7, 11) is 0. The first-order valence-electron chi connectivity index (χ1n) is 9.29. The third-order valence-electron chi connectivity index (χ3n) is 4.50. The van der Waals surface area contributed by atoms with Gasteiger partial charge < -0.3 is 0 Å². The second-order valence-corrected chi connectivity index (χ2v) is 6.57. The van der Waals surface area contributed by atoms with Crippen LogP contribution in [0.5, 0.6) is 0 Å². The topological polar surface area (TPSA) is 34.1 Å². The third kappa shape index (κ3) is 4.43. The second kappa shape index (κ2) is 8.29. The van der Waals surface area contributed by atoms with Crippen LogP contribution >= 0.6 is 0 Å². The normalized spacial score (nSPS) is 10.1. The van der Waals surface area contributed by atoms with Gasteiger partial charge in [-0.05, 0) is 17.7 Å². The molecule has 0 heterocycles. The Morgan fingerprint density at radius 1 is 0.690 bits per heavy atom. The van der Waals surface area contributed by atoms with Crippen LogP contribution in [-0.2, 0) is 0 Å². The first-order valence-corrected chi connectivity index (χ1v) is 9.29. The van der Waals surface area contributed by atoms with Gasteiger partial charge in [-0.1, -0.05) is 78.9 Å². The average molecular weight is 373 g/mol. The number of rotatable bonds is 5. The maximum atomic E-state index is 13.2. The van der Waals surface area contributed by atoms with E-state index in [9.17, 15) is 9.59 Å². The Morgan fingerprint density at radius 2 is 1.21 bits per heavy atom. The van der Waals surface area contributed by atoms with Gasteiger partial charge in [0.15, 0.2) is 11.6 Å². The van der Waals surface area contributed by atoms with Crippen LogP contribution in [0, 0.1) is 11.8 Å². The summed E-state index contributed by atoms with van der Waals surface area (Å²) in [6, 6.07) is 29.1. The SMILES string of the molecule is O=C(C(=Cc1ccccc1C#Cc1c[cH+]1)C(=O)c1ccccc1)c1ccccc1. The number of carbonyl (C=O) groups excluding carboxylic acids is 2. The molecule has 0 bridgehead atoms. The van der Waals surface area contributed by atoms with Gasteiger partial charge in [-0.3, -0.25) is 9.59 Å². The molecular formula is C27H17O2+. The Balaban J connectivity index is 1.81. The molecule has 29 heavy (non-hydrogen) atoms. The highest BCUT2D eigenvalue weighted by atomic mass is 16.1. The minimum atomic E-state index is -0.305. The molecule has 2 heteroatoms.